The van der Waals surface area contributed by atoms with Gasteiger partial charge in [-0.15, -0.1) is 0 Å². The van der Waals surface area contributed by atoms with Gasteiger partial charge < -0.3 is 10.1 Å². The average molecular weight is 380 g/mol. The second kappa shape index (κ2) is 7.80. The molecule has 0 saturated carbocycles. The van der Waals surface area contributed by atoms with Gasteiger partial charge in [-0.1, -0.05) is 25.1 Å². The SMILES string of the molecule is CCN1CCCC1CNc1cc(C)nc2c(-c3ccccc3OC)c(C)nn12. The Morgan fingerprint density at radius 1 is 1.25 bits per heavy atom. The number of ether oxygens (including phenoxy) is 1. The summed E-state index contributed by atoms with van der Waals surface area (Å²) in [5.74, 6) is 1.83. The highest BCUT2D eigenvalue weighted by Gasteiger charge is 2.23. The molecule has 1 unspecified atom stereocenters. The first-order valence-corrected chi connectivity index (χ1v) is 10.1. The molecule has 1 N–H and O–H groups in total. The van der Waals surface area contributed by atoms with E-state index in [0.717, 1.165) is 52.8 Å². The van der Waals surface area contributed by atoms with Crippen LogP contribution in [0.1, 0.15) is 31.2 Å². The molecule has 0 amide bonds. The molecule has 1 atom stereocenters. The van der Waals surface area contributed by atoms with E-state index in [2.05, 4.69) is 29.3 Å². The normalized spacial score (nSPS) is 17.4. The van der Waals surface area contributed by atoms with Gasteiger partial charge in [-0.3, -0.25) is 4.90 Å². The lowest BCUT2D eigenvalue weighted by Gasteiger charge is -2.23. The van der Waals surface area contributed by atoms with Gasteiger partial charge in [0.1, 0.15) is 11.6 Å². The highest BCUT2D eigenvalue weighted by Crippen LogP contribution is 2.35. The second-order valence-corrected chi connectivity index (χ2v) is 7.48. The van der Waals surface area contributed by atoms with Crippen molar-refractivity contribution in [2.45, 2.75) is 39.7 Å². The van der Waals surface area contributed by atoms with Crippen molar-refractivity contribution in [2.24, 2.45) is 0 Å². The van der Waals surface area contributed by atoms with Gasteiger partial charge in [0.2, 0.25) is 0 Å². The molecule has 0 bridgehead atoms. The van der Waals surface area contributed by atoms with E-state index in [1.54, 1.807) is 7.11 Å². The minimum Gasteiger partial charge on any atom is -0.496 e. The van der Waals surface area contributed by atoms with Crippen LogP contribution in [0, 0.1) is 13.8 Å². The maximum atomic E-state index is 5.59. The maximum Gasteiger partial charge on any atom is 0.165 e. The van der Waals surface area contributed by atoms with E-state index in [1.165, 1.54) is 19.4 Å². The molecule has 1 saturated heterocycles. The first-order valence-electron chi connectivity index (χ1n) is 10.1. The summed E-state index contributed by atoms with van der Waals surface area (Å²) in [4.78, 5) is 7.36. The van der Waals surface area contributed by atoms with Crippen LogP contribution in [0.25, 0.3) is 16.8 Å². The smallest absolute Gasteiger partial charge is 0.165 e. The molecule has 6 heteroatoms. The van der Waals surface area contributed by atoms with Crippen LogP contribution in [0.3, 0.4) is 0 Å². The molecule has 6 nitrogen and oxygen atoms in total. The van der Waals surface area contributed by atoms with Crippen LogP contribution < -0.4 is 10.1 Å². The summed E-state index contributed by atoms with van der Waals surface area (Å²) < 4.78 is 7.53. The van der Waals surface area contributed by atoms with Gasteiger partial charge in [-0.05, 0) is 45.8 Å². The van der Waals surface area contributed by atoms with E-state index in [-0.39, 0.29) is 0 Å². The van der Waals surface area contributed by atoms with Crippen molar-refractivity contribution < 1.29 is 4.74 Å². The Hall–Kier alpha value is -2.60. The van der Waals surface area contributed by atoms with E-state index in [9.17, 15) is 0 Å². The third kappa shape index (κ3) is 3.33. The summed E-state index contributed by atoms with van der Waals surface area (Å²) >= 11 is 0. The maximum absolute atomic E-state index is 5.59. The number of aryl methyl sites for hydroxylation is 2. The lowest BCUT2D eigenvalue weighted by atomic mass is 10.1. The zero-order valence-electron chi connectivity index (χ0n) is 17.2. The number of rotatable bonds is 6. The number of methoxy groups -OCH3 is 1. The third-order valence-corrected chi connectivity index (χ3v) is 5.69. The zero-order valence-corrected chi connectivity index (χ0v) is 17.2. The van der Waals surface area contributed by atoms with E-state index >= 15 is 0 Å². The van der Waals surface area contributed by atoms with Gasteiger partial charge in [0.25, 0.3) is 0 Å². The standard InChI is InChI=1S/C22H29N5O/c1-5-26-12-8-9-17(26)14-23-20-13-15(2)24-22-21(16(3)25-27(20)22)18-10-6-7-11-19(18)28-4/h6-7,10-11,13,17,23H,5,8-9,12,14H2,1-4H3. The number of fused-ring (bicyclic) bond motifs is 1. The molecule has 1 fully saturated rings. The molecule has 28 heavy (non-hydrogen) atoms. The van der Waals surface area contributed by atoms with Crippen molar-refractivity contribution >= 4 is 11.5 Å². The van der Waals surface area contributed by atoms with Crippen LogP contribution in [0.15, 0.2) is 30.3 Å². The zero-order chi connectivity index (χ0) is 19.7. The minimum atomic E-state index is 0.582. The molecule has 0 spiro atoms. The van der Waals surface area contributed by atoms with Crippen LogP contribution >= 0.6 is 0 Å². The van der Waals surface area contributed by atoms with Crippen LogP contribution in [-0.2, 0) is 0 Å². The first-order chi connectivity index (χ1) is 13.6. The van der Waals surface area contributed by atoms with E-state index in [1.807, 2.05) is 36.6 Å². The number of anilines is 1. The van der Waals surface area contributed by atoms with Gasteiger partial charge in [0.15, 0.2) is 5.65 Å². The Morgan fingerprint density at radius 2 is 2.07 bits per heavy atom. The van der Waals surface area contributed by atoms with Crippen LogP contribution in [0.5, 0.6) is 5.75 Å². The Labute approximate surface area is 166 Å². The summed E-state index contributed by atoms with van der Waals surface area (Å²) in [6, 6.07) is 10.7. The molecule has 1 aliphatic heterocycles. The highest BCUT2D eigenvalue weighted by molar-refractivity contribution is 5.84. The fourth-order valence-corrected chi connectivity index (χ4v) is 4.30. The molecule has 3 aromatic rings. The predicted molar refractivity (Wildman–Crippen MR) is 113 cm³/mol. The van der Waals surface area contributed by atoms with Crippen LogP contribution in [0.2, 0.25) is 0 Å². The molecule has 3 heterocycles. The summed E-state index contributed by atoms with van der Waals surface area (Å²) in [7, 11) is 1.70. The summed E-state index contributed by atoms with van der Waals surface area (Å²) in [5, 5.41) is 8.46. The third-order valence-electron chi connectivity index (χ3n) is 5.69. The topological polar surface area (TPSA) is 54.7 Å². The summed E-state index contributed by atoms with van der Waals surface area (Å²) in [6.45, 7) is 9.54. The molecule has 0 aliphatic carbocycles. The van der Waals surface area contributed by atoms with Crippen LogP contribution in [0.4, 0.5) is 5.82 Å². The number of benzene rings is 1. The summed E-state index contributed by atoms with van der Waals surface area (Å²) in [6.07, 6.45) is 2.53. The van der Waals surface area contributed by atoms with Gasteiger partial charge in [-0.2, -0.15) is 9.61 Å². The van der Waals surface area contributed by atoms with Crippen molar-refractivity contribution in [1.29, 1.82) is 0 Å². The molecular weight excluding hydrogens is 350 g/mol. The average Bonchev–Trinajstić information content (AvgIpc) is 3.29. The van der Waals surface area contributed by atoms with Crippen molar-refractivity contribution in [2.75, 3.05) is 32.1 Å². The number of nitrogens with one attached hydrogen (secondary N) is 1. The predicted octanol–water partition coefficient (Wildman–Crippen LogP) is 3.92. The highest BCUT2D eigenvalue weighted by atomic mass is 16.5. The van der Waals surface area contributed by atoms with Gasteiger partial charge in [0, 0.05) is 29.9 Å². The Balaban J connectivity index is 1.74. The van der Waals surface area contributed by atoms with E-state index < -0.39 is 0 Å². The number of aromatic nitrogens is 3. The van der Waals surface area contributed by atoms with Gasteiger partial charge in [-0.25, -0.2) is 4.98 Å². The number of para-hydroxylation sites is 1. The van der Waals surface area contributed by atoms with Crippen molar-refractivity contribution in [3.63, 3.8) is 0 Å². The van der Waals surface area contributed by atoms with Gasteiger partial charge >= 0.3 is 0 Å². The summed E-state index contributed by atoms with van der Waals surface area (Å²) in [5.41, 5.74) is 4.84. The fraction of sp³-hybridized carbons (Fsp3) is 0.455. The molecule has 2 aromatic heterocycles. The lowest BCUT2D eigenvalue weighted by molar-refractivity contribution is 0.277. The Kier molecular flexibility index (Phi) is 5.22. The van der Waals surface area contributed by atoms with Crippen molar-refractivity contribution in [1.82, 2.24) is 19.5 Å². The fourth-order valence-electron chi connectivity index (χ4n) is 4.30. The second-order valence-electron chi connectivity index (χ2n) is 7.48. The monoisotopic (exact) mass is 379 g/mol. The number of nitrogens with zero attached hydrogens (tertiary/aromatic N) is 4. The van der Waals surface area contributed by atoms with Crippen molar-refractivity contribution in [3.05, 3.63) is 41.7 Å². The molecular formula is C22H29N5O. The van der Waals surface area contributed by atoms with Gasteiger partial charge in [0.05, 0.1) is 18.4 Å². The Bertz CT molecular complexity index is 980. The molecule has 4 rings (SSSR count). The molecule has 1 aliphatic rings. The van der Waals surface area contributed by atoms with E-state index in [4.69, 9.17) is 14.8 Å². The molecule has 1 aromatic carbocycles. The first kappa shape index (κ1) is 18.7. The minimum absolute atomic E-state index is 0.582. The molecule has 148 valence electrons. The quantitative estimate of drug-likeness (QED) is 0.704. The van der Waals surface area contributed by atoms with E-state index in [0.29, 0.717) is 6.04 Å². The van der Waals surface area contributed by atoms with Crippen LogP contribution in [-0.4, -0.2) is 52.3 Å². The molecule has 0 radical (unpaired) electrons. The largest absolute Gasteiger partial charge is 0.496 e. The lowest BCUT2D eigenvalue weighted by Crippen LogP contribution is -2.35. The number of hydrogen-bond acceptors (Lipinski definition) is 5. The number of hydrogen-bond donors (Lipinski definition) is 1. The van der Waals surface area contributed by atoms with Crippen molar-refractivity contribution in [3.8, 4) is 16.9 Å². The Morgan fingerprint density at radius 3 is 2.86 bits per heavy atom. The number of likely N-dealkylation sites (tertiary alicyclic amines) is 1. The number of likely N-dealkylation sites (N-methyl/N-ethyl adjacent to an activating group) is 1.